The largest absolute Gasteiger partial charge is 0.468 e. The van der Waals surface area contributed by atoms with Crippen molar-refractivity contribution in [3.8, 4) is 6.07 Å². The van der Waals surface area contributed by atoms with Crippen LogP contribution in [0.25, 0.3) is 10.2 Å². The molecule has 38 heavy (non-hydrogen) atoms. The van der Waals surface area contributed by atoms with E-state index in [4.69, 9.17) is 10.2 Å². The van der Waals surface area contributed by atoms with Gasteiger partial charge in [0.25, 0.3) is 0 Å². The molecule has 3 N–H and O–H groups in total. The zero-order valence-electron chi connectivity index (χ0n) is 19.7. The number of hydrogen-bond donors (Lipinski definition) is 2. The molecule has 1 unspecified atom stereocenters. The minimum Gasteiger partial charge on any atom is -0.468 e. The average Bonchev–Trinajstić information content (AvgIpc) is 3.68. The summed E-state index contributed by atoms with van der Waals surface area (Å²) < 4.78 is 7.15. The molecular formula is C25H19N7O3S3. The number of nitriles is 1. The smallest absolute Gasteiger partial charge is 0.236 e. The molecule has 0 bridgehead atoms. The van der Waals surface area contributed by atoms with E-state index >= 15 is 0 Å². The number of rotatable bonds is 6. The lowest BCUT2D eigenvalue weighted by Gasteiger charge is -2.37. The van der Waals surface area contributed by atoms with Gasteiger partial charge in [0.05, 0.1) is 39.8 Å². The van der Waals surface area contributed by atoms with Crippen LogP contribution in [0, 0.1) is 11.3 Å². The van der Waals surface area contributed by atoms with Crippen LogP contribution in [0.15, 0.2) is 74.1 Å². The molecule has 1 aliphatic heterocycles. The molecule has 4 aromatic rings. The van der Waals surface area contributed by atoms with Crippen molar-refractivity contribution < 1.29 is 14.0 Å². The minimum atomic E-state index is -0.651. The van der Waals surface area contributed by atoms with Gasteiger partial charge in [-0.3, -0.25) is 14.5 Å². The van der Waals surface area contributed by atoms with Gasteiger partial charge in [0, 0.05) is 17.7 Å². The Bertz CT molecular complexity index is 1630. The molecule has 4 heterocycles. The van der Waals surface area contributed by atoms with Crippen LogP contribution in [0.3, 0.4) is 0 Å². The lowest BCUT2D eigenvalue weighted by atomic mass is 9.78. The molecule has 13 heteroatoms. The summed E-state index contributed by atoms with van der Waals surface area (Å²) in [4.78, 5) is 31.7. The van der Waals surface area contributed by atoms with Gasteiger partial charge in [-0.05, 0) is 37.1 Å². The Kier molecular flexibility index (Phi) is 6.44. The van der Waals surface area contributed by atoms with Crippen molar-refractivity contribution >= 4 is 66.6 Å². The second-order valence-corrected chi connectivity index (χ2v) is 11.7. The predicted molar refractivity (Wildman–Crippen MR) is 146 cm³/mol. The van der Waals surface area contributed by atoms with Crippen LogP contribution < -0.4 is 16.0 Å². The number of amides is 1. The summed E-state index contributed by atoms with van der Waals surface area (Å²) >= 11 is 3.90. The standard InChI is InChI=1S/C25H19N7O3S3/c26-11-13-20(17-8-4-10-35-17)21-15(6-3-7-16(21)33)32(22(13)27)24-30-31-25(38-24)36-12-19(34)29-23-28-14-5-1-2-9-18(14)37-23/h1-2,4-5,8-10,20H,3,6-7,12,27H2,(H,28,29,34). The Balaban J connectivity index is 1.23. The number of thiazole rings is 1. The number of Topliss-reactive ketones (excluding diaryl/α,β-unsaturated/α-hetero) is 1. The van der Waals surface area contributed by atoms with E-state index in [2.05, 4.69) is 26.6 Å². The van der Waals surface area contributed by atoms with Gasteiger partial charge in [0.1, 0.15) is 11.6 Å². The Labute approximate surface area is 228 Å². The highest BCUT2D eigenvalue weighted by Gasteiger charge is 2.42. The first-order valence-corrected chi connectivity index (χ1v) is 14.3. The lowest BCUT2D eigenvalue weighted by molar-refractivity contribution is -0.116. The van der Waals surface area contributed by atoms with Crippen molar-refractivity contribution in [1.29, 1.82) is 5.26 Å². The second-order valence-electron chi connectivity index (χ2n) is 8.51. The number of nitrogens with two attached hydrogens (primary N) is 1. The maximum Gasteiger partial charge on any atom is 0.236 e. The zero-order chi connectivity index (χ0) is 26.2. The van der Waals surface area contributed by atoms with E-state index < -0.39 is 5.92 Å². The molecule has 190 valence electrons. The number of thioether (sulfide) groups is 1. The van der Waals surface area contributed by atoms with E-state index in [1.54, 1.807) is 17.0 Å². The number of furan rings is 1. The van der Waals surface area contributed by atoms with Gasteiger partial charge in [0.15, 0.2) is 15.3 Å². The number of ketones is 1. The summed E-state index contributed by atoms with van der Waals surface area (Å²) in [6, 6.07) is 13.3. The molecule has 2 aliphatic rings. The third kappa shape index (κ3) is 4.36. The van der Waals surface area contributed by atoms with Gasteiger partial charge in [0.2, 0.25) is 11.0 Å². The van der Waals surface area contributed by atoms with E-state index in [0.717, 1.165) is 10.2 Å². The van der Waals surface area contributed by atoms with Crippen LogP contribution >= 0.6 is 34.4 Å². The van der Waals surface area contributed by atoms with E-state index in [9.17, 15) is 14.9 Å². The van der Waals surface area contributed by atoms with E-state index in [1.165, 1.54) is 40.7 Å². The molecule has 3 aromatic heterocycles. The molecule has 0 saturated heterocycles. The van der Waals surface area contributed by atoms with Crippen LogP contribution in [0.1, 0.15) is 30.9 Å². The maximum atomic E-state index is 13.1. The third-order valence-corrected chi connectivity index (χ3v) is 9.19. The molecule has 0 spiro atoms. The summed E-state index contributed by atoms with van der Waals surface area (Å²) in [5, 5.41) is 22.3. The topological polar surface area (TPSA) is 151 Å². The van der Waals surface area contributed by atoms with Crippen LogP contribution in [-0.2, 0) is 9.59 Å². The first-order valence-electron chi connectivity index (χ1n) is 11.6. The highest BCUT2D eigenvalue weighted by atomic mass is 32.2. The summed E-state index contributed by atoms with van der Waals surface area (Å²) in [5.74, 6) is -0.0837. The van der Waals surface area contributed by atoms with E-state index in [1.807, 2.05) is 24.3 Å². The van der Waals surface area contributed by atoms with Gasteiger partial charge in [-0.1, -0.05) is 46.6 Å². The minimum absolute atomic E-state index is 0.0384. The van der Waals surface area contributed by atoms with Gasteiger partial charge < -0.3 is 15.5 Å². The van der Waals surface area contributed by atoms with Crippen LogP contribution in [-0.4, -0.2) is 32.6 Å². The number of nitrogens with zero attached hydrogens (tertiary/aromatic N) is 5. The number of nitrogens with one attached hydrogen (secondary N) is 1. The molecule has 0 radical (unpaired) electrons. The van der Waals surface area contributed by atoms with Crippen molar-refractivity contribution in [2.24, 2.45) is 5.73 Å². The van der Waals surface area contributed by atoms with Crippen LogP contribution in [0.5, 0.6) is 0 Å². The summed E-state index contributed by atoms with van der Waals surface area (Å²) in [7, 11) is 0. The van der Waals surface area contributed by atoms with Crippen molar-refractivity contribution in [3.63, 3.8) is 0 Å². The van der Waals surface area contributed by atoms with Crippen LogP contribution in [0.2, 0.25) is 0 Å². The quantitative estimate of drug-likeness (QED) is 0.315. The highest BCUT2D eigenvalue weighted by Crippen LogP contribution is 2.47. The number of allylic oxidation sites excluding steroid dienone is 3. The van der Waals surface area contributed by atoms with Crippen molar-refractivity contribution in [1.82, 2.24) is 15.2 Å². The van der Waals surface area contributed by atoms with Crippen molar-refractivity contribution in [3.05, 3.63) is 71.1 Å². The number of carbonyl (C=O) groups is 2. The molecule has 10 nitrogen and oxygen atoms in total. The number of anilines is 2. The van der Waals surface area contributed by atoms with E-state index in [-0.39, 0.29) is 28.8 Å². The number of hydrogen-bond acceptors (Lipinski definition) is 12. The summed E-state index contributed by atoms with van der Waals surface area (Å²) in [6.07, 6.45) is 3.18. The first kappa shape index (κ1) is 24.4. The number of carbonyl (C=O) groups excluding carboxylic acids is 2. The fraction of sp³-hybridized carbons (Fsp3) is 0.200. The van der Waals surface area contributed by atoms with Gasteiger partial charge in [-0.2, -0.15) is 5.26 Å². The monoisotopic (exact) mass is 561 g/mol. The van der Waals surface area contributed by atoms with Gasteiger partial charge in [-0.25, -0.2) is 4.98 Å². The normalized spacial score (nSPS) is 17.6. The fourth-order valence-electron chi connectivity index (χ4n) is 4.60. The third-order valence-electron chi connectivity index (χ3n) is 6.20. The predicted octanol–water partition coefficient (Wildman–Crippen LogP) is 4.78. The summed E-state index contributed by atoms with van der Waals surface area (Å²) in [6.45, 7) is 0. The molecule has 1 amide bonds. The lowest BCUT2D eigenvalue weighted by Crippen LogP contribution is -2.38. The molecule has 6 rings (SSSR count). The van der Waals surface area contributed by atoms with E-state index in [0.29, 0.717) is 50.9 Å². The first-order chi connectivity index (χ1) is 18.5. The fourth-order valence-corrected chi connectivity index (χ4v) is 7.17. The number of aromatic nitrogens is 3. The van der Waals surface area contributed by atoms with Crippen LogP contribution in [0.4, 0.5) is 10.3 Å². The Morgan fingerprint density at radius 2 is 2.11 bits per heavy atom. The Hall–Kier alpha value is -3.99. The maximum absolute atomic E-state index is 13.1. The molecule has 1 atom stereocenters. The zero-order valence-corrected chi connectivity index (χ0v) is 22.2. The summed E-state index contributed by atoms with van der Waals surface area (Å²) in [5.41, 5.74) is 8.81. The SMILES string of the molecule is N#CC1=C(N)N(c2nnc(SCC(=O)Nc3nc4ccccc4s3)s2)C2=C(C(=O)CCC2)C1c1ccco1. The Morgan fingerprint density at radius 1 is 1.24 bits per heavy atom. The molecule has 0 fully saturated rings. The molecule has 1 aromatic carbocycles. The van der Waals surface area contributed by atoms with Crippen molar-refractivity contribution in [2.45, 2.75) is 29.5 Å². The number of fused-ring (bicyclic) bond motifs is 1. The van der Waals surface area contributed by atoms with Gasteiger partial charge >= 0.3 is 0 Å². The highest BCUT2D eigenvalue weighted by molar-refractivity contribution is 8.01. The van der Waals surface area contributed by atoms with Crippen molar-refractivity contribution in [2.75, 3.05) is 16.0 Å². The molecule has 0 saturated carbocycles. The molecular weight excluding hydrogens is 543 g/mol. The van der Waals surface area contributed by atoms with Gasteiger partial charge in [-0.15, -0.1) is 10.2 Å². The number of para-hydroxylation sites is 1. The molecule has 1 aliphatic carbocycles. The second kappa shape index (κ2) is 10.1. The average molecular weight is 562 g/mol. The number of benzene rings is 1. The Morgan fingerprint density at radius 3 is 2.89 bits per heavy atom.